The lowest BCUT2D eigenvalue weighted by Crippen LogP contribution is -2.31. The number of nitrogens with zero attached hydrogens (tertiary/aromatic N) is 1. The first-order valence-corrected chi connectivity index (χ1v) is 7.08. The highest BCUT2D eigenvalue weighted by molar-refractivity contribution is 6.31. The van der Waals surface area contributed by atoms with Crippen LogP contribution in [0.5, 0.6) is 0 Å². The van der Waals surface area contributed by atoms with Gasteiger partial charge in [-0.1, -0.05) is 29.8 Å². The molecule has 0 unspecified atom stereocenters. The first kappa shape index (κ1) is 15.2. The minimum Gasteiger partial charge on any atom is -0.399 e. The third-order valence-electron chi connectivity index (χ3n) is 3.29. The van der Waals surface area contributed by atoms with Crippen LogP contribution in [-0.2, 0) is 6.54 Å². The maximum absolute atomic E-state index is 12.6. The van der Waals surface area contributed by atoms with Crippen molar-refractivity contribution in [1.29, 1.82) is 0 Å². The summed E-state index contributed by atoms with van der Waals surface area (Å²) < 4.78 is 0. The molecule has 2 aromatic carbocycles. The Balaban J connectivity index is 2.25. The predicted molar refractivity (Wildman–Crippen MR) is 87.1 cm³/mol. The Hall–Kier alpha value is -2.20. The number of carbonyl (C=O) groups excluding carboxylic acids is 1. The van der Waals surface area contributed by atoms with Crippen molar-refractivity contribution < 1.29 is 4.79 Å². The zero-order valence-corrected chi connectivity index (χ0v) is 12.6. The van der Waals surface area contributed by atoms with Gasteiger partial charge in [-0.2, -0.15) is 0 Å². The summed E-state index contributed by atoms with van der Waals surface area (Å²) in [5.41, 5.74) is 13.8. The molecule has 0 saturated carbocycles. The summed E-state index contributed by atoms with van der Waals surface area (Å²) in [6, 6.07) is 12.4. The maximum atomic E-state index is 12.6. The zero-order chi connectivity index (χ0) is 15.4. The molecule has 0 saturated heterocycles. The van der Waals surface area contributed by atoms with Crippen molar-refractivity contribution in [3.8, 4) is 0 Å². The quantitative estimate of drug-likeness (QED) is 0.852. The fourth-order valence-corrected chi connectivity index (χ4v) is 2.30. The number of halogens is 1. The highest BCUT2D eigenvalue weighted by Crippen LogP contribution is 2.21. The Morgan fingerprint density at radius 2 is 1.90 bits per heavy atom. The first-order chi connectivity index (χ1) is 10.0. The van der Waals surface area contributed by atoms with Crippen molar-refractivity contribution in [2.45, 2.75) is 13.5 Å². The van der Waals surface area contributed by atoms with E-state index in [-0.39, 0.29) is 5.91 Å². The minimum atomic E-state index is -0.130. The normalized spacial score (nSPS) is 10.4. The molecule has 0 heterocycles. The summed E-state index contributed by atoms with van der Waals surface area (Å²) >= 11 is 6.15. The van der Waals surface area contributed by atoms with Crippen LogP contribution in [0, 0.1) is 0 Å². The summed E-state index contributed by atoms with van der Waals surface area (Å²) in [5, 5.41) is 0.647. The highest BCUT2D eigenvalue weighted by Gasteiger charge is 2.18. The molecule has 1 amide bonds. The van der Waals surface area contributed by atoms with Gasteiger partial charge in [0, 0.05) is 29.5 Å². The molecular formula is C16H18ClN3O. The molecule has 0 fully saturated rings. The van der Waals surface area contributed by atoms with Gasteiger partial charge in [0.15, 0.2) is 0 Å². The van der Waals surface area contributed by atoms with E-state index >= 15 is 0 Å². The number of carbonyl (C=O) groups is 1. The van der Waals surface area contributed by atoms with Crippen LogP contribution in [0.1, 0.15) is 22.8 Å². The van der Waals surface area contributed by atoms with Gasteiger partial charge in [0.05, 0.1) is 5.56 Å². The molecule has 4 N–H and O–H groups in total. The third kappa shape index (κ3) is 3.47. The van der Waals surface area contributed by atoms with Gasteiger partial charge >= 0.3 is 0 Å². The third-order valence-corrected chi connectivity index (χ3v) is 3.66. The molecule has 0 atom stereocenters. The van der Waals surface area contributed by atoms with E-state index in [2.05, 4.69) is 0 Å². The van der Waals surface area contributed by atoms with Gasteiger partial charge in [0.1, 0.15) is 0 Å². The number of anilines is 2. The summed E-state index contributed by atoms with van der Waals surface area (Å²) in [7, 11) is 0. The summed E-state index contributed by atoms with van der Waals surface area (Å²) in [5.74, 6) is -0.130. The lowest BCUT2D eigenvalue weighted by atomic mass is 10.1. The van der Waals surface area contributed by atoms with Crippen molar-refractivity contribution in [3.63, 3.8) is 0 Å². The average Bonchev–Trinajstić information content (AvgIpc) is 2.46. The standard InChI is InChI=1S/C16H18ClN3O/c1-2-20(10-11-5-3-4-6-14(11)17)16(21)13-8-7-12(18)9-15(13)19/h3-9H,2,10,18-19H2,1H3. The second-order valence-electron chi connectivity index (χ2n) is 4.76. The van der Waals surface area contributed by atoms with Gasteiger partial charge in [-0.25, -0.2) is 0 Å². The Kier molecular flexibility index (Phi) is 4.70. The maximum Gasteiger partial charge on any atom is 0.256 e. The van der Waals surface area contributed by atoms with E-state index in [0.29, 0.717) is 35.1 Å². The van der Waals surface area contributed by atoms with E-state index in [1.165, 1.54) is 0 Å². The lowest BCUT2D eigenvalue weighted by Gasteiger charge is -2.22. The summed E-state index contributed by atoms with van der Waals surface area (Å²) in [4.78, 5) is 14.3. The molecule has 21 heavy (non-hydrogen) atoms. The molecule has 0 radical (unpaired) electrons. The smallest absolute Gasteiger partial charge is 0.256 e. The van der Waals surface area contributed by atoms with Gasteiger partial charge in [-0.15, -0.1) is 0 Å². The average molecular weight is 304 g/mol. The van der Waals surface area contributed by atoms with Crippen LogP contribution >= 0.6 is 11.6 Å². The van der Waals surface area contributed by atoms with Crippen LogP contribution in [0.15, 0.2) is 42.5 Å². The largest absolute Gasteiger partial charge is 0.399 e. The summed E-state index contributed by atoms with van der Waals surface area (Å²) in [6.07, 6.45) is 0. The Morgan fingerprint density at radius 1 is 1.19 bits per heavy atom. The number of rotatable bonds is 4. The topological polar surface area (TPSA) is 72.3 Å². The first-order valence-electron chi connectivity index (χ1n) is 6.70. The van der Waals surface area contributed by atoms with Crippen molar-refractivity contribution in [3.05, 3.63) is 58.6 Å². The monoisotopic (exact) mass is 303 g/mol. The molecule has 4 nitrogen and oxygen atoms in total. The molecular weight excluding hydrogens is 286 g/mol. The van der Waals surface area contributed by atoms with Crippen molar-refractivity contribution >= 4 is 28.9 Å². The van der Waals surface area contributed by atoms with Crippen molar-refractivity contribution in [1.82, 2.24) is 4.90 Å². The van der Waals surface area contributed by atoms with E-state index in [4.69, 9.17) is 23.1 Å². The number of nitrogen functional groups attached to an aromatic ring is 2. The van der Waals surface area contributed by atoms with Crippen LogP contribution in [0.3, 0.4) is 0 Å². The fourth-order valence-electron chi connectivity index (χ4n) is 2.11. The number of amides is 1. The Morgan fingerprint density at radius 3 is 2.52 bits per heavy atom. The van der Waals surface area contributed by atoms with Crippen LogP contribution in [0.25, 0.3) is 0 Å². The Labute approximate surface area is 129 Å². The van der Waals surface area contributed by atoms with Crippen LogP contribution in [-0.4, -0.2) is 17.4 Å². The van der Waals surface area contributed by atoms with E-state index < -0.39 is 0 Å². The predicted octanol–water partition coefficient (Wildman–Crippen LogP) is 3.17. The highest BCUT2D eigenvalue weighted by atomic mass is 35.5. The van der Waals surface area contributed by atoms with Gasteiger partial charge in [0.2, 0.25) is 0 Å². The van der Waals surface area contributed by atoms with E-state index in [0.717, 1.165) is 5.56 Å². The molecule has 0 aliphatic carbocycles. The minimum absolute atomic E-state index is 0.130. The molecule has 2 rings (SSSR count). The lowest BCUT2D eigenvalue weighted by molar-refractivity contribution is 0.0754. The van der Waals surface area contributed by atoms with Gasteiger partial charge in [-0.3, -0.25) is 4.79 Å². The van der Waals surface area contributed by atoms with Crippen molar-refractivity contribution in [2.75, 3.05) is 18.0 Å². The van der Waals surface area contributed by atoms with Gasteiger partial charge < -0.3 is 16.4 Å². The van der Waals surface area contributed by atoms with Crippen molar-refractivity contribution in [2.24, 2.45) is 0 Å². The fraction of sp³-hybridized carbons (Fsp3) is 0.188. The molecule has 2 aromatic rings. The second-order valence-corrected chi connectivity index (χ2v) is 5.16. The number of benzene rings is 2. The van der Waals surface area contributed by atoms with Crippen LogP contribution < -0.4 is 11.5 Å². The molecule has 0 bridgehead atoms. The second kappa shape index (κ2) is 6.50. The number of hydrogen-bond acceptors (Lipinski definition) is 3. The Bertz CT molecular complexity index is 658. The summed E-state index contributed by atoms with van der Waals surface area (Å²) in [6.45, 7) is 2.93. The number of hydrogen-bond donors (Lipinski definition) is 2. The van der Waals surface area contributed by atoms with Gasteiger partial charge in [-0.05, 0) is 36.8 Å². The number of nitrogens with two attached hydrogens (primary N) is 2. The van der Waals surface area contributed by atoms with Crippen LogP contribution in [0.2, 0.25) is 5.02 Å². The molecule has 110 valence electrons. The van der Waals surface area contributed by atoms with E-state index in [1.54, 1.807) is 23.1 Å². The SMILES string of the molecule is CCN(Cc1ccccc1Cl)C(=O)c1ccc(N)cc1N. The molecule has 0 spiro atoms. The van der Waals surface area contributed by atoms with Crippen LogP contribution in [0.4, 0.5) is 11.4 Å². The molecule has 0 aliphatic heterocycles. The van der Waals surface area contributed by atoms with E-state index in [1.807, 2.05) is 31.2 Å². The molecule has 0 aliphatic rings. The zero-order valence-electron chi connectivity index (χ0n) is 11.8. The van der Waals surface area contributed by atoms with Gasteiger partial charge in [0.25, 0.3) is 5.91 Å². The van der Waals surface area contributed by atoms with E-state index in [9.17, 15) is 4.79 Å². The molecule has 5 heteroatoms. The molecule has 0 aromatic heterocycles.